The van der Waals surface area contributed by atoms with Crippen molar-refractivity contribution in [3.05, 3.63) is 11.9 Å². The monoisotopic (exact) mass is 302 g/mol. The number of ether oxygens (including phenoxy) is 1. The molecule has 0 spiro atoms. The van der Waals surface area contributed by atoms with Gasteiger partial charge in [-0.1, -0.05) is 13.8 Å². The van der Waals surface area contributed by atoms with Gasteiger partial charge in [0.05, 0.1) is 13.3 Å². The molecule has 0 aliphatic carbocycles. The number of aryl methyl sites for hydroxylation is 1. The lowest BCUT2D eigenvalue weighted by molar-refractivity contribution is 0.164. The molecule has 4 unspecified atom stereocenters. The van der Waals surface area contributed by atoms with Gasteiger partial charge in [0.15, 0.2) is 5.75 Å². The largest absolute Gasteiger partial charge is 0.493 e. The van der Waals surface area contributed by atoms with E-state index in [1.165, 1.54) is 0 Å². The van der Waals surface area contributed by atoms with E-state index in [2.05, 4.69) is 18.9 Å². The summed E-state index contributed by atoms with van der Waals surface area (Å²) in [6, 6.07) is 0. The summed E-state index contributed by atoms with van der Waals surface area (Å²) in [6.45, 7) is 7.25. The fraction of sp³-hybridized carbons (Fsp3) is 0.769. The Kier molecular flexibility index (Phi) is 5.09. The summed E-state index contributed by atoms with van der Waals surface area (Å²) in [7, 11) is 1.63. The van der Waals surface area contributed by atoms with Crippen LogP contribution in [0.1, 0.15) is 32.6 Å². The molecule has 4 nitrogen and oxygen atoms in total. The van der Waals surface area contributed by atoms with Crippen molar-refractivity contribution >= 4 is 23.5 Å². The molecule has 1 aliphatic heterocycles. The zero-order chi connectivity index (χ0) is 14.0. The Bertz CT molecular complexity index is 403. The van der Waals surface area contributed by atoms with Gasteiger partial charge in [0.2, 0.25) is 0 Å². The first-order valence-corrected chi connectivity index (χ1v) is 8.62. The molecule has 1 fully saturated rings. The van der Waals surface area contributed by atoms with Crippen LogP contribution in [0.3, 0.4) is 0 Å². The molecule has 1 saturated heterocycles. The lowest BCUT2D eigenvalue weighted by Gasteiger charge is -2.34. The van der Waals surface area contributed by atoms with Crippen molar-refractivity contribution in [3.63, 3.8) is 0 Å². The average Bonchev–Trinajstić information content (AvgIpc) is 2.83. The molecule has 0 amide bonds. The summed E-state index contributed by atoms with van der Waals surface area (Å²) < 4.78 is 7.16. The number of aliphatic hydroxyl groups is 1. The van der Waals surface area contributed by atoms with E-state index in [0.29, 0.717) is 16.2 Å². The molecule has 1 aromatic heterocycles. The van der Waals surface area contributed by atoms with Crippen molar-refractivity contribution in [2.75, 3.05) is 12.9 Å². The SMILES string of the molecule is CCn1ncc(OC)c1C(O)C1CSC(C)C(C)S1. The Hall–Kier alpha value is -0.330. The minimum absolute atomic E-state index is 0.201. The molecule has 0 aromatic carbocycles. The number of rotatable bonds is 4. The minimum Gasteiger partial charge on any atom is -0.493 e. The molecule has 0 saturated carbocycles. The molecule has 4 atom stereocenters. The van der Waals surface area contributed by atoms with Gasteiger partial charge in [0.25, 0.3) is 0 Å². The quantitative estimate of drug-likeness (QED) is 0.926. The van der Waals surface area contributed by atoms with Crippen LogP contribution >= 0.6 is 23.5 Å². The first kappa shape index (κ1) is 15.1. The maximum atomic E-state index is 10.7. The van der Waals surface area contributed by atoms with Crippen LogP contribution in [0.5, 0.6) is 5.75 Å². The van der Waals surface area contributed by atoms with Crippen LogP contribution in [-0.2, 0) is 6.54 Å². The second-order valence-corrected chi connectivity index (χ2v) is 7.81. The number of aliphatic hydroxyl groups excluding tert-OH is 1. The summed E-state index contributed by atoms with van der Waals surface area (Å²) in [5, 5.41) is 16.4. The molecule has 1 aliphatic rings. The fourth-order valence-electron chi connectivity index (χ4n) is 2.23. The third kappa shape index (κ3) is 3.06. The van der Waals surface area contributed by atoms with Gasteiger partial charge in [-0.25, -0.2) is 0 Å². The van der Waals surface area contributed by atoms with Crippen LogP contribution < -0.4 is 4.74 Å². The van der Waals surface area contributed by atoms with Gasteiger partial charge in [-0.15, -0.1) is 0 Å². The van der Waals surface area contributed by atoms with Gasteiger partial charge in [0, 0.05) is 28.0 Å². The highest BCUT2D eigenvalue weighted by atomic mass is 32.2. The van der Waals surface area contributed by atoms with E-state index in [-0.39, 0.29) is 5.25 Å². The standard InChI is InChI=1S/C13H22N2O2S2/c1-5-15-12(10(17-4)6-14-15)13(16)11-7-18-8(2)9(3)19-11/h6,8-9,11,13,16H,5,7H2,1-4H3. The third-order valence-corrected chi connectivity index (χ3v) is 7.05. The zero-order valence-corrected chi connectivity index (χ0v) is 13.5. The molecular weight excluding hydrogens is 280 g/mol. The van der Waals surface area contributed by atoms with Crippen LogP contribution in [0.4, 0.5) is 0 Å². The van der Waals surface area contributed by atoms with Crippen LogP contribution in [0.2, 0.25) is 0 Å². The lowest BCUT2D eigenvalue weighted by Crippen LogP contribution is -2.31. The summed E-state index contributed by atoms with van der Waals surface area (Å²) in [6.07, 6.45) is 1.17. The van der Waals surface area contributed by atoms with Crippen molar-refractivity contribution in [2.24, 2.45) is 0 Å². The van der Waals surface area contributed by atoms with Crippen molar-refractivity contribution in [2.45, 2.75) is 49.2 Å². The zero-order valence-electron chi connectivity index (χ0n) is 11.9. The number of thioether (sulfide) groups is 2. The molecule has 2 heterocycles. The van der Waals surface area contributed by atoms with Crippen LogP contribution in [0.15, 0.2) is 6.20 Å². The van der Waals surface area contributed by atoms with E-state index in [1.807, 2.05) is 35.1 Å². The second-order valence-electron chi connectivity index (χ2n) is 4.78. The van der Waals surface area contributed by atoms with Gasteiger partial charge < -0.3 is 9.84 Å². The minimum atomic E-state index is -0.523. The molecule has 19 heavy (non-hydrogen) atoms. The van der Waals surface area contributed by atoms with E-state index in [9.17, 15) is 5.11 Å². The van der Waals surface area contributed by atoms with Gasteiger partial charge in [-0.3, -0.25) is 4.68 Å². The number of hydrogen-bond donors (Lipinski definition) is 1. The smallest absolute Gasteiger partial charge is 0.162 e. The van der Waals surface area contributed by atoms with Gasteiger partial charge >= 0.3 is 0 Å². The highest BCUT2D eigenvalue weighted by Crippen LogP contribution is 2.42. The molecule has 1 aromatic rings. The predicted octanol–water partition coefficient (Wildman–Crippen LogP) is 2.57. The molecule has 0 bridgehead atoms. The molecular formula is C13H22N2O2S2. The predicted molar refractivity (Wildman–Crippen MR) is 82.2 cm³/mol. The number of methoxy groups -OCH3 is 1. The maximum Gasteiger partial charge on any atom is 0.162 e. The Balaban J connectivity index is 2.19. The van der Waals surface area contributed by atoms with E-state index in [1.54, 1.807) is 13.3 Å². The van der Waals surface area contributed by atoms with Gasteiger partial charge in [0.1, 0.15) is 11.8 Å². The van der Waals surface area contributed by atoms with E-state index in [0.717, 1.165) is 18.0 Å². The summed E-state index contributed by atoms with van der Waals surface area (Å²) >= 11 is 3.81. The topological polar surface area (TPSA) is 47.3 Å². The van der Waals surface area contributed by atoms with Crippen LogP contribution in [0.25, 0.3) is 0 Å². The number of aromatic nitrogens is 2. The summed E-state index contributed by atoms with van der Waals surface area (Å²) in [5.74, 6) is 1.65. The van der Waals surface area contributed by atoms with E-state index < -0.39 is 6.10 Å². The van der Waals surface area contributed by atoms with Crippen LogP contribution in [0, 0.1) is 0 Å². The van der Waals surface area contributed by atoms with Crippen LogP contribution in [-0.4, -0.2) is 43.5 Å². The lowest BCUT2D eigenvalue weighted by atomic mass is 10.2. The summed E-state index contributed by atoms with van der Waals surface area (Å²) in [4.78, 5) is 0. The molecule has 108 valence electrons. The van der Waals surface area contributed by atoms with Gasteiger partial charge in [-0.2, -0.15) is 28.6 Å². The molecule has 0 radical (unpaired) electrons. The average molecular weight is 302 g/mol. The van der Waals surface area contributed by atoms with Crippen molar-refractivity contribution in [3.8, 4) is 5.75 Å². The highest BCUT2D eigenvalue weighted by molar-refractivity contribution is 8.07. The molecule has 1 N–H and O–H groups in total. The Labute approximate surface area is 123 Å². The Morgan fingerprint density at radius 3 is 2.84 bits per heavy atom. The molecule has 2 rings (SSSR count). The maximum absolute atomic E-state index is 10.7. The first-order chi connectivity index (χ1) is 9.08. The Morgan fingerprint density at radius 2 is 2.26 bits per heavy atom. The highest BCUT2D eigenvalue weighted by Gasteiger charge is 2.34. The third-order valence-electron chi connectivity index (χ3n) is 3.57. The Morgan fingerprint density at radius 1 is 1.53 bits per heavy atom. The fourth-order valence-corrected chi connectivity index (χ4v) is 5.21. The van der Waals surface area contributed by atoms with Crippen molar-refractivity contribution in [1.29, 1.82) is 0 Å². The van der Waals surface area contributed by atoms with E-state index >= 15 is 0 Å². The first-order valence-electron chi connectivity index (χ1n) is 6.63. The second kappa shape index (κ2) is 6.41. The number of nitrogens with zero attached hydrogens (tertiary/aromatic N) is 2. The summed E-state index contributed by atoms with van der Waals surface area (Å²) in [5.41, 5.74) is 0.810. The molecule has 6 heteroatoms. The van der Waals surface area contributed by atoms with Crippen molar-refractivity contribution in [1.82, 2.24) is 9.78 Å². The number of hydrogen-bond acceptors (Lipinski definition) is 5. The normalized spacial score (nSPS) is 29.2. The van der Waals surface area contributed by atoms with E-state index in [4.69, 9.17) is 4.74 Å². The van der Waals surface area contributed by atoms with Gasteiger partial charge in [-0.05, 0) is 6.92 Å². The van der Waals surface area contributed by atoms with Crippen molar-refractivity contribution < 1.29 is 9.84 Å².